The molecule has 1 fully saturated rings. The first-order chi connectivity index (χ1) is 15.4. The van der Waals surface area contributed by atoms with E-state index in [0.29, 0.717) is 39.2 Å². The van der Waals surface area contributed by atoms with Crippen LogP contribution in [0.3, 0.4) is 0 Å². The number of halogens is 3. The normalized spacial score (nSPS) is 19.9. The lowest BCUT2D eigenvalue weighted by atomic mass is 9.75. The first-order valence-electron chi connectivity index (χ1n) is 11.1. The summed E-state index contributed by atoms with van der Waals surface area (Å²) in [5.74, 6) is 2.10. The second-order valence-corrected chi connectivity index (χ2v) is 9.68. The van der Waals surface area contributed by atoms with Crippen LogP contribution in [0.1, 0.15) is 49.6 Å². The number of aryl methyl sites for hydroxylation is 1. The van der Waals surface area contributed by atoms with Crippen LogP contribution in [0.25, 0.3) is 11.4 Å². The third kappa shape index (κ3) is 5.33. The Labute approximate surface area is 198 Å². The van der Waals surface area contributed by atoms with Crippen molar-refractivity contribution in [2.45, 2.75) is 44.6 Å². The Kier molecular flexibility index (Phi) is 7.49. The maximum absolute atomic E-state index is 13.8. The van der Waals surface area contributed by atoms with E-state index >= 15 is 0 Å². The zero-order valence-electron chi connectivity index (χ0n) is 18.4. The van der Waals surface area contributed by atoms with Crippen LogP contribution < -0.4 is 0 Å². The third-order valence-corrected chi connectivity index (χ3v) is 7.33. The molecule has 0 aliphatic heterocycles. The van der Waals surface area contributed by atoms with Gasteiger partial charge in [0.1, 0.15) is 5.82 Å². The fourth-order valence-corrected chi connectivity index (χ4v) is 5.33. The van der Waals surface area contributed by atoms with E-state index in [1.54, 1.807) is 12.1 Å². The predicted molar refractivity (Wildman–Crippen MR) is 126 cm³/mol. The molecule has 1 aliphatic carbocycles. The van der Waals surface area contributed by atoms with Gasteiger partial charge >= 0.3 is 0 Å². The first-order valence-corrected chi connectivity index (χ1v) is 11.9. The molecule has 1 heterocycles. The van der Waals surface area contributed by atoms with Crippen LogP contribution in [0.2, 0.25) is 10.0 Å². The molecular formula is C25H28Cl2FN3O. The summed E-state index contributed by atoms with van der Waals surface area (Å²) < 4.78 is 19.2. The van der Waals surface area contributed by atoms with Gasteiger partial charge in [0.15, 0.2) is 0 Å². The molecule has 0 amide bonds. The van der Waals surface area contributed by atoms with Crippen molar-refractivity contribution >= 4 is 23.2 Å². The van der Waals surface area contributed by atoms with E-state index in [1.165, 1.54) is 6.07 Å². The average molecular weight is 476 g/mol. The van der Waals surface area contributed by atoms with E-state index in [1.807, 2.05) is 24.3 Å². The summed E-state index contributed by atoms with van der Waals surface area (Å²) in [5, 5.41) is 4.99. The molecule has 1 unspecified atom stereocenters. The Balaban J connectivity index is 1.33. The first kappa shape index (κ1) is 23.2. The predicted octanol–water partition coefficient (Wildman–Crippen LogP) is 7.22. The lowest BCUT2D eigenvalue weighted by Crippen LogP contribution is -2.30. The van der Waals surface area contributed by atoms with Gasteiger partial charge in [-0.3, -0.25) is 0 Å². The standard InChI is InChI=1S/C25H28Cl2FN3O/c1-31(2)24(18-5-3-6-19(28)15-18)17-12-9-16(10-13-17)11-14-22-29-25(30-32-22)20-7-4-8-21(26)23(20)27/h3-8,15-17,24H,9-14H2,1-2H3. The summed E-state index contributed by atoms with van der Waals surface area (Å²) in [6.45, 7) is 0. The second kappa shape index (κ2) is 10.3. The zero-order chi connectivity index (χ0) is 22.7. The minimum Gasteiger partial charge on any atom is -0.339 e. The molecule has 3 aromatic rings. The number of hydrogen-bond acceptors (Lipinski definition) is 4. The fraction of sp³-hybridized carbons (Fsp3) is 0.440. The molecule has 0 radical (unpaired) electrons. The SMILES string of the molecule is CN(C)C(c1cccc(F)c1)C1CCC(CCc2nc(-c3cccc(Cl)c3Cl)no2)CC1. The van der Waals surface area contributed by atoms with Gasteiger partial charge in [-0.25, -0.2) is 4.39 Å². The molecule has 7 heteroatoms. The summed E-state index contributed by atoms with van der Waals surface area (Å²) in [6, 6.07) is 12.7. The van der Waals surface area contributed by atoms with Gasteiger partial charge < -0.3 is 9.42 Å². The van der Waals surface area contributed by atoms with Gasteiger partial charge in [-0.15, -0.1) is 0 Å². The molecule has 2 aromatic carbocycles. The van der Waals surface area contributed by atoms with E-state index in [4.69, 9.17) is 27.7 Å². The van der Waals surface area contributed by atoms with E-state index < -0.39 is 0 Å². The topological polar surface area (TPSA) is 42.2 Å². The van der Waals surface area contributed by atoms with Crippen LogP contribution in [0.4, 0.5) is 4.39 Å². The van der Waals surface area contributed by atoms with Crippen molar-refractivity contribution in [3.63, 3.8) is 0 Å². The van der Waals surface area contributed by atoms with Gasteiger partial charge in [-0.05, 0) is 75.0 Å². The number of aromatic nitrogens is 2. The lowest BCUT2D eigenvalue weighted by molar-refractivity contribution is 0.145. The molecule has 32 heavy (non-hydrogen) atoms. The van der Waals surface area contributed by atoms with Crippen LogP contribution in [0, 0.1) is 17.7 Å². The second-order valence-electron chi connectivity index (χ2n) is 8.90. The van der Waals surface area contributed by atoms with Crippen LogP contribution in [-0.4, -0.2) is 29.1 Å². The number of rotatable bonds is 7. The minimum absolute atomic E-state index is 0.166. The molecule has 4 nitrogen and oxygen atoms in total. The summed E-state index contributed by atoms with van der Waals surface area (Å²) >= 11 is 12.4. The number of nitrogens with zero attached hydrogens (tertiary/aromatic N) is 3. The molecule has 170 valence electrons. The summed E-state index contributed by atoms with van der Waals surface area (Å²) in [6.07, 6.45) is 6.36. The van der Waals surface area contributed by atoms with Crippen molar-refractivity contribution in [1.29, 1.82) is 0 Å². The summed E-state index contributed by atoms with van der Waals surface area (Å²) in [4.78, 5) is 6.74. The molecule has 1 aliphatic rings. The van der Waals surface area contributed by atoms with Crippen molar-refractivity contribution in [2.24, 2.45) is 11.8 Å². The van der Waals surface area contributed by atoms with Crippen molar-refractivity contribution in [3.05, 3.63) is 69.8 Å². The Morgan fingerprint density at radius 3 is 2.56 bits per heavy atom. The number of hydrogen-bond donors (Lipinski definition) is 0. The molecule has 4 rings (SSSR count). The van der Waals surface area contributed by atoms with Crippen molar-refractivity contribution < 1.29 is 8.91 Å². The van der Waals surface area contributed by atoms with Crippen molar-refractivity contribution in [1.82, 2.24) is 15.0 Å². The smallest absolute Gasteiger partial charge is 0.226 e. The van der Waals surface area contributed by atoms with Crippen LogP contribution in [0.5, 0.6) is 0 Å². The largest absolute Gasteiger partial charge is 0.339 e. The maximum Gasteiger partial charge on any atom is 0.226 e. The molecule has 0 N–H and O–H groups in total. The highest BCUT2D eigenvalue weighted by molar-refractivity contribution is 6.43. The fourth-order valence-electron chi connectivity index (χ4n) is 4.95. The Hall–Kier alpha value is -1.95. The molecule has 0 bridgehead atoms. The summed E-state index contributed by atoms with van der Waals surface area (Å²) in [5.41, 5.74) is 1.75. The van der Waals surface area contributed by atoms with E-state index in [0.717, 1.165) is 44.1 Å². The third-order valence-electron chi connectivity index (χ3n) is 6.51. The van der Waals surface area contributed by atoms with Gasteiger partial charge in [-0.1, -0.05) is 59.4 Å². The molecule has 1 atom stereocenters. The molecule has 1 aromatic heterocycles. The van der Waals surface area contributed by atoms with Crippen molar-refractivity contribution in [2.75, 3.05) is 14.1 Å². The highest BCUT2D eigenvalue weighted by Gasteiger charge is 2.30. The molecule has 1 saturated carbocycles. The van der Waals surface area contributed by atoms with E-state index in [2.05, 4.69) is 29.1 Å². The molecular weight excluding hydrogens is 448 g/mol. The van der Waals surface area contributed by atoms with Crippen molar-refractivity contribution in [3.8, 4) is 11.4 Å². The summed E-state index contributed by atoms with van der Waals surface area (Å²) in [7, 11) is 4.17. The molecule has 0 saturated heterocycles. The highest BCUT2D eigenvalue weighted by Crippen LogP contribution is 2.40. The maximum atomic E-state index is 13.8. The van der Waals surface area contributed by atoms with Gasteiger partial charge in [0.05, 0.1) is 10.0 Å². The van der Waals surface area contributed by atoms with Gasteiger partial charge in [0.25, 0.3) is 0 Å². The van der Waals surface area contributed by atoms with Crippen LogP contribution >= 0.6 is 23.2 Å². The highest BCUT2D eigenvalue weighted by atomic mass is 35.5. The van der Waals surface area contributed by atoms with Gasteiger partial charge in [0.2, 0.25) is 11.7 Å². The monoisotopic (exact) mass is 475 g/mol. The Morgan fingerprint density at radius 1 is 1.09 bits per heavy atom. The van der Waals surface area contributed by atoms with E-state index in [9.17, 15) is 4.39 Å². The Morgan fingerprint density at radius 2 is 1.84 bits per heavy atom. The van der Waals surface area contributed by atoms with Crippen LogP contribution in [-0.2, 0) is 6.42 Å². The van der Waals surface area contributed by atoms with Crippen LogP contribution in [0.15, 0.2) is 47.0 Å². The zero-order valence-corrected chi connectivity index (χ0v) is 19.9. The lowest BCUT2D eigenvalue weighted by Gasteiger charge is -2.37. The van der Waals surface area contributed by atoms with Gasteiger partial charge in [-0.2, -0.15) is 4.98 Å². The Bertz CT molecular complexity index is 1050. The number of benzene rings is 2. The van der Waals surface area contributed by atoms with Gasteiger partial charge in [0, 0.05) is 18.0 Å². The quantitative estimate of drug-likeness (QED) is 0.361. The van der Waals surface area contributed by atoms with E-state index in [-0.39, 0.29) is 11.9 Å². The average Bonchev–Trinajstić information content (AvgIpc) is 3.24. The molecule has 0 spiro atoms. The minimum atomic E-state index is -0.166.